The summed E-state index contributed by atoms with van der Waals surface area (Å²) in [6, 6.07) is 0.803. The zero-order valence-corrected chi connectivity index (χ0v) is 12.9. The summed E-state index contributed by atoms with van der Waals surface area (Å²) < 4.78 is 0. The van der Waals surface area contributed by atoms with Gasteiger partial charge in [0, 0.05) is 12.6 Å². The van der Waals surface area contributed by atoms with E-state index in [0.717, 1.165) is 25.4 Å². The molecule has 0 heterocycles. The molecule has 0 aromatic carbocycles. The molecular weight excluding hydrogens is 240 g/mol. The van der Waals surface area contributed by atoms with Gasteiger partial charge in [0.1, 0.15) is 5.54 Å². The third kappa shape index (κ3) is 5.49. The van der Waals surface area contributed by atoms with Crippen LogP contribution in [0.25, 0.3) is 0 Å². The molecule has 0 spiro atoms. The zero-order chi connectivity index (χ0) is 14.5. The van der Waals surface area contributed by atoms with Crippen molar-refractivity contribution in [3.8, 4) is 0 Å². The third-order valence-electron chi connectivity index (χ3n) is 4.06. The van der Waals surface area contributed by atoms with Gasteiger partial charge in [0.05, 0.1) is 0 Å². The van der Waals surface area contributed by atoms with Crippen molar-refractivity contribution in [3.05, 3.63) is 0 Å². The SMILES string of the molecule is CNC(C)(CCCCN(CC(C)C)C1CC1)C(=O)O. The number of aliphatic carboxylic acids is 1. The molecule has 0 bridgehead atoms. The number of hydrogen-bond acceptors (Lipinski definition) is 3. The van der Waals surface area contributed by atoms with Crippen LogP contribution in [0.2, 0.25) is 0 Å². The molecule has 1 unspecified atom stereocenters. The first-order valence-electron chi connectivity index (χ1n) is 7.55. The van der Waals surface area contributed by atoms with E-state index in [0.29, 0.717) is 12.3 Å². The van der Waals surface area contributed by atoms with E-state index in [9.17, 15) is 9.90 Å². The second-order valence-electron chi connectivity index (χ2n) is 6.46. The van der Waals surface area contributed by atoms with Gasteiger partial charge in [0.2, 0.25) is 0 Å². The summed E-state index contributed by atoms with van der Waals surface area (Å²) in [6.45, 7) is 8.58. The average molecular weight is 270 g/mol. The molecule has 4 heteroatoms. The van der Waals surface area contributed by atoms with Crippen molar-refractivity contribution in [2.24, 2.45) is 5.92 Å². The number of unbranched alkanes of at least 4 members (excludes halogenated alkanes) is 1. The van der Waals surface area contributed by atoms with Crippen molar-refractivity contribution in [2.45, 2.75) is 64.5 Å². The second kappa shape index (κ2) is 7.25. The predicted octanol–water partition coefficient (Wildman–Crippen LogP) is 2.34. The number of nitrogens with one attached hydrogen (secondary N) is 1. The van der Waals surface area contributed by atoms with Gasteiger partial charge in [-0.1, -0.05) is 13.8 Å². The average Bonchev–Trinajstić information content (AvgIpc) is 3.16. The number of nitrogens with zero attached hydrogens (tertiary/aromatic N) is 1. The van der Waals surface area contributed by atoms with Crippen molar-refractivity contribution in [2.75, 3.05) is 20.1 Å². The van der Waals surface area contributed by atoms with E-state index in [1.54, 1.807) is 14.0 Å². The molecule has 1 fully saturated rings. The number of carboxylic acids is 1. The standard InChI is InChI=1S/C15H30N2O2/c1-12(2)11-17(13-7-8-13)10-6-5-9-15(3,16-4)14(18)19/h12-13,16H,5-11H2,1-4H3,(H,18,19). The van der Waals surface area contributed by atoms with Gasteiger partial charge in [-0.3, -0.25) is 4.79 Å². The van der Waals surface area contributed by atoms with E-state index in [1.165, 1.54) is 19.4 Å². The maximum Gasteiger partial charge on any atom is 0.323 e. The van der Waals surface area contributed by atoms with Crippen LogP contribution in [0.3, 0.4) is 0 Å². The van der Waals surface area contributed by atoms with Crippen molar-refractivity contribution < 1.29 is 9.90 Å². The van der Waals surface area contributed by atoms with Crippen molar-refractivity contribution in [3.63, 3.8) is 0 Å². The Kier molecular flexibility index (Phi) is 6.27. The highest BCUT2D eigenvalue weighted by molar-refractivity contribution is 5.78. The number of carbonyl (C=O) groups is 1. The van der Waals surface area contributed by atoms with Gasteiger partial charge in [-0.05, 0) is 58.5 Å². The summed E-state index contributed by atoms with van der Waals surface area (Å²) in [6.07, 6.45) is 5.43. The molecule has 4 nitrogen and oxygen atoms in total. The van der Waals surface area contributed by atoms with Crippen LogP contribution in [-0.4, -0.2) is 47.7 Å². The lowest BCUT2D eigenvalue weighted by atomic mass is 9.95. The number of carboxylic acid groups (broad SMARTS) is 1. The summed E-state index contributed by atoms with van der Waals surface area (Å²) in [7, 11) is 1.73. The Morgan fingerprint density at radius 2 is 2.05 bits per heavy atom. The minimum absolute atomic E-state index is 0.693. The monoisotopic (exact) mass is 270 g/mol. The summed E-state index contributed by atoms with van der Waals surface area (Å²) in [4.78, 5) is 13.8. The van der Waals surface area contributed by atoms with E-state index in [2.05, 4.69) is 24.1 Å². The molecule has 112 valence electrons. The summed E-state index contributed by atoms with van der Waals surface area (Å²) in [5, 5.41) is 12.1. The Balaban J connectivity index is 2.26. The van der Waals surface area contributed by atoms with E-state index in [4.69, 9.17) is 0 Å². The largest absolute Gasteiger partial charge is 0.480 e. The van der Waals surface area contributed by atoms with Crippen LogP contribution in [0.1, 0.15) is 52.9 Å². The first kappa shape index (κ1) is 16.4. The van der Waals surface area contributed by atoms with Gasteiger partial charge in [-0.25, -0.2) is 0 Å². The Morgan fingerprint density at radius 1 is 1.42 bits per heavy atom. The quantitative estimate of drug-likeness (QED) is 0.598. The molecule has 1 aliphatic carbocycles. The van der Waals surface area contributed by atoms with Gasteiger partial charge in [0.25, 0.3) is 0 Å². The van der Waals surface area contributed by atoms with Gasteiger partial charge in [-0.2, -0.15) is 0 Å². The molecule has 0 saturated heterocycles. The normalized spacial score (nSPS) is 18.8. The number of rotatable bonds is 10. The molecule has 0 amide bonds. The molecular formula is C15H30N2O2. The van der Waals surface area contributed by atoms with Gasteiger partial charge in [0.15, 0.2) is 0 Å². The summed E-state index contributed by atoms with van der Waals surface area (Å²) in [5.74, 6) is -0.0431. The highest BCUT2D eigenvalue weighted by atomic mass is 16.4. The Morgan fingerprint density at radius 3 is 2.47 bits per heavy atom. The molecule has 19 heavy (non-hydrogen) atoms. The maximum absolute atomic E-state index is 11.2. The first-order chi connectivity index (χ1) is 8.89. The molecule has 2 N–H and O–H groups in total. The van der Waals surface area contributed by atoms with Crippen molar-refractivity contribution >= 4 is 5.97 Å². The Hall–Kier alpha value is -0.610. The molecule has 1 aliphatic rings. The van der Waals surface area contributed by atoms with Crippen molar-refractivity contribution in [1.82, 2.24) is 10.2 Å². The number of hydrogen-bond donors (Lipinski definition) is 2. The molecule has 0 aromatic heterocycles. The van der Waals surface area contributed by atoms with Crippen LogP contribution in [0.15, 0.2) is 0 Å². The minimum Gasteiger partial charge on any atom is -0.480 e. The predicted molar refractivity (Wildman–Crippen MR) is 78.4 cm³/mol. The molecule has 1 atom stereocenters. The van der Waals surface area contributed by atoms with Crippen LogP contribution in [0, 0.1) is 5.92 Å². The smallest absolute Gasteiger partial charge is 0.323 e. The fourth-order valence-electron chi connectivity index (χ4n) is 2.46. The van der Waals surface area contributed by atoms with Gasteiger partial charge >= 0.3 is 5.97 Å². The highest BCUT2D eigenvalue weighted by Gasteiger charge is 2.31. The lowest BCUT2D eigenvalue weighted by molar-refractivity contribution is -0.144. The van der Waals surface area contributed by atoms with Gasteiger partial charge < -0.3 is 15.3 Å². The fourth-order valence-corrected chi connectivity index (χ4v) is 2.46. The van der Waals surface area contributed by atoms with Crippen LogP contribution in [0.4, 0.5) is 0 Å². The Labute approximate surface area is 117 Å². The lowest BCUT2D eigenvalue weighted by Crippen LogP contribution is -2.47. The van der Waals surface area contributed by atoms with Crippen LogP contribution >= 0.6 is 0 Å². The van der Waals surface area contributed by atoms with Crippen LogP contribution < -0.4 is 5.32 Å². The topological polar surface area (TPSA) is 52.6 Å². The third-order valence-corrected chi connectivity index (χ3v) is 4.06. The molecule has 0 aliphatic heterocycles. The molecule has 1 rings (SSSR count). The summed E-state index contributed by atoms with van der Waals surface area (Å²) in [5.41, 5.74) is -0.775. The minimum atomic E-state index is -0.775. The Bertz CT molecular complexity index is 290. The first-order valence-corrected chi connectivity index (χ1v) is 7.55. The van der Waals surface area contributed by atoms with E-state index < -0.39 is 11.5 Å². The lowest BCUT2D eigenvalue weighted by Gasteiger charge is -2.26. The zero-order valence-electron chi connectivity index (χ0n) is 12.9. The fraction of sp³-hybridized carbons (Fsp3) is 0.933. The summed E-state index contributed by atoms with van der Waals surface area (Å²) >= 11 is 0. The van der Waals surface area contributed by atoms with E-state index in [1.807, 2.05) is 0 Å². The highest BCUT2D eigenvalue weighted by Crippen LogP contribution is 2.28. The van der Waals surface area contributed by atoms with Gasteiger partial charge in [-0.15, -0.1) is 0 Å². The van der Waals surface area contributed by atoms with Crippen molar-refractivity contribution in [1.29, 1.82) is 0 Å². The second-order valence-corrected chi connectivity index (χ2v) is 6.46. The number of likely N-dealkylation sites (N-methyl/N-ethyl adjacent to an activating group) is 1. The van der Waals surface area contributed by atoms with Crippen LogP contribution in [-0.2, 0) is 4.79 Å². The molecule has 0 radical (unpaired) electrons. The molecule has 0 aromatic rings. The van der Waals surface area contributed by atoms with Crippen LogP contribution in [0.5, 0.6) is 0 Å². The van der Waals surface area contributed by atoms with E-state index >= 15 is 0 Å². The maximum atomic E-state index is 11.2. The van der Waals surface area contributed by atoms with E-state index in [-0.39, 0.29) is 0 Å². The molecule has 1 saturated carbocycles.